The number of hydrogen-bond acceptors (Lipinski definition) is 4. The summed E-state index contributed by atoms with van der Waals surface area (Å²) >= 11 is 1.41. The lowest BCUT2D eigenvalue weighted by Gasteiger charge is -2.08. The second-order valence-electron chi connectivity index (χ2n) is 3.79. The lowest BCUT2D eigenvalue weighted by Crippen LogP contribution is -2.04. The van der Waals surface area contributed by atoms with Crippen LogP contribution >= 0.6 is 11.3 Å². The summed E-state index contributed by atoms with van der Waals surface area (Å²) in [5.41, 5.74) is 1.01. The number of nitriles is 1. The first-order valence-corrected chi connectivity index (χ1v) is 6.42. The molecule has 3 nitrogen and oxygen atoms in total. The number of anilines is 1. The molecule has 0 fully saturated rings. The van der Waals surface area contributed by atoms with Crippen molar-refractivity contribution in [1.82, 2.24) is 0 Å². The Morgan fingerprint density at radius 2 is 2.15 bits per heavy atom. The molecule has 0 aliphatic rings. The Morgan fingerprint density at radius 3 is 2.75 bits per heavy atom. The predicted molar refractivity (Wildman–Crippen MR) is 69.4 cm³/mol. The van der Waals surface area contributed by atoms with E-state index in [1.807, 2.05) is 6.07 Å². The van der Waals surface area contributed by atoms with Crippen LogP contribution in [-0.2, 0) is 6.54 Å². The molecule has 0 aliphatic carbocycles. The summed E-state index contributed by atoms with van der Waals surface area (Å²) < 4.78 is 41.4. The second kappa shape index (κ2) is 6.30. The van der Waals surface area contributed by atoms with E-state index in [-0.39, 0.29) is 0 Å². The van der Waals surface area contributed by atoms with Crippen molar-refractivity contribution in [2.75, 3.05) is 5.32 Å². The van der Waals surface area contributed by atoms with Gasteiger partial charge in [-0.05, 0) is 18.2 Å². The number of thiophene rings is 1. The molecule has 1 heterocycles. The summed E-state index contributed by atoms with van der Waals surface area (Å²) in [6.07, 6.45) is 0. The maximum absolute atomic E-state index is 13.5. The molecule has 0 unspecified atom stereocenters. The number of rotatable bonds is 5. The van der Waals surface area contributed by atoms with Gasteiger partial charge in [0.25, 0.3) is 0 Å². The van der Waals surface area contributed by atoms with E-state index in [2.05, 4.69) is 10.1 Å². The van der Waals surface area contributed by atoms with Crippen LogP contribution in [0.2, 0.25) is 0 Å². The molecule has 0 saturated carbocycles. The third kappa shape index (κ3) is 3.65. The molecule has 2 aromatic rings. The lowest BCUT2D eigenvalue weighted by atomic mass is 10.2. The SMILES string of the molecule is N#Cc1csc(CNc2ccc(OC(F)F)c(F)c2)c1. The number of alkyl halides is 2. The summed E-state index contributed by atoms with van der Waals surface area (Å²) in [6.45, 7) is -2.64. The van der Waals surface area contributed by atoms with Crippen LogP contribution in [-0.4, -0.2) is 6.61 Å². The van der Waals surface area contributed by atoms with E-state index in [0.717, 1.165) is 17.0 Å². The molecule has 1 N–H and O–H groups in total. The summed E-state index contributed by atoms with van der Waals surface area (Å²) in [4.78, 5) is 0.912. The summed E-state index contributed by atoms with van der Waals surface area (Å²) in [6, 6.07) is 7.40. The molecule has 0 atom stereocenters. The standard InChI is InChI=1S/C13H9F3N2OS/c14-11-4-9(1-2-12(11)19-13(15)16)18-6-10-3-8(5-17)7-20-10/h1-4,7,13,18H,6H2. The predicted octanol–water partition coefficient (Wildman–Crippen LogP) is 3.97. The van der Waals surface area contributed by atoms with Gasteiger partial charge in [-0.2, -0.15) is 14.0 Å². The maximum Gasteiger partial charge on any atom is 0.387 e. The molecular formula is C13H9F3N2OS. The smallest absolute Gasteiger partial charge is 0.387 e. The lowest BCUT2D eigenvalue weighted by molar-refractivity contribution is -0.0521. The minimum Gasteiger partial charge on any atom is -0.432 e. The first kappa shape index (κ1) is 14.2. The molecule has 104 valence electrons. The number of nitrogens with zero attached hydrogens (tertiary/aromatic N) is 1. The van der Waals surface area contributed by atoms with Gasteiger partial charge in [0.05, 0.1) is 5.56 Å². The van der Waals surface area contributed by atoms with Gasteiger partial charge in [0.15, 0.2) is 11.6 Å². The monoisotopic (exact) mass is 298 g/mol. The normalized spacial score (nSPS) is 10.3. The summed E-state index contributed by atoms with van der Waals surface area (Å²) in [5, 5.41) is 13.3. The van der Waals surface area contributed by atoms with Gasteiger partial charge in [-0.3, -0.25) is 0 Å². The third-order valence-electron chi connectivity index (χ3n) is 2.40. The van der Waals surface area contributed by atoms with Crippen molar-refractivity contribution in [2.45, 2.75) is 13.2 Å². The van der Waals surface area contributed by atoms with Crippen LogP contribution in [0.15, 0.2) is 29.6 Å². The van der Waals surface area contributed by atoms with Crippen LogP contribution in [0.5, 0.6) is 5.75 Å². The molecule has 1 aromatic heterocycles. The number of benzene rings is 1. The Hall–Kier alpha value is -2.20. The van der Waals surface area contributed by atoms with Crippen LogP contribution in [0, 0.1) is 17.1 Å². The van der Waals surface area contributed by atoms with Crippen LogP contribution < -0.4 is 10.1 Å². The zero-order valence-electron chi connectivity index (χ0n) is 10.1. The third-order valence-corrected chi connectivity index (χ3v) is 3.33. The quantitative estimate of drug-likeness (QED) is 0.908. The van der Waals surface area contributed by atoms with Gasteiger partial charge in [-0.1, -0.05) is 0 Å². The van der Waals surface area contributed by atoms with Gasteiger partial charge < -0.3 is 10.1 Å². The van der Waals surface area contributed by atoms with Gasteiger partial charge >= 0.3 is 6.61 Å². The zero-order valence-corrected chi connectivity index (χ0v) is 10.9. The van der Waals surface area contributed by atoms with Crippen molar-refractivity contribution in [3.63, 3.8) is 0 Å². The average molecular weight is 298 g/mol. The highest BCUT2D eigenvalue weighted by Gasteiger charge is 2.10. The van der Waals surface area contributed by atoms with E-state index in [1.165, 1.54) is 17.4 Å². The largest absolute Gasteiger partial charge is 0.432 e. The molecule has 7 heteroatoms. The Morgan fingerprint density at radius 1 is 1.35 bits per heavy atom. The van der Waals surface area contributed by atoms with Crippen LogP contribution in [0.3, 0.4) is 0 Å². The highest BCUT2D eigenvalue weighted by atomic mass is 32.1. The maximum atomic E-state index is 13.5. The van der Waals surface area contributed by atoms with Gasteiger partial charge in [-0.15, -0.1) is 11.3 Å². The molecule has 0 aliphatic heterocycles. The average Bonchev–Trinajstić information content (AvgIpc) is 2.87. The topological polar surface area (TPSA) is 45.0 Å². The molecular weight excluding hydrogens is 289 g/mol. The van der Waals surface area contributed by atoms with Crippen LogP contribution in [0.25, 0.3) is 0 Å². The highest BCUT2D eigenvalue weighted by molar-refractivity contribution is 7.10. The fourth-order valence-electron chi connectivity index (χ4n) is 1.52. The van der Waals surface area contributed by atoms with E-state index >= 15 is 0 Å². The molecule has 20 heavy (non-hydrogen) atoms. The minimum absolute atomic E-state index is 0.417. The van der Waals surface area contributed by atoms with Crippen LogP contribution in [0.4, 0.5) is 18.9 Å². The molecule has 0 saturated heterocycles. The molecule has 0 spiro atoms. The summed E-state index contributed by atoms with van der Waals surface area (Å²) in [5.74, 6) is -1.35. The number of nitrogens with one attached hydrogen (secondary N) is 1. The Kier molecular flexibility index (Phi) is 4.48. The zero-order chi connectivity index (χ0) is 14.5. The van der Waals surface area contributed by atoms with E-state index < -0.39 is 18.2 Å². The second-order valence-corrected chi connectivity index (χ2v) is 4.79. The molecule has 0 amide bonds. The summed E-state index contributed by atoms with van der Waals surface area (Å²) in [7, 11) is 0. The van der Waals surface area contributed by atoms with E-state index in [1.54, 1.807) is 11.4 Å². The van der Waals surface area contributed by atoms with Crippen LogP contribution in [0.1, 0.15) is 10.4 Å². The minimum atomic E-state index is -3.06. The van der Waals surface area contributed by atoms with Crippen molar-refractivity contribution < 1.29 is 17.9 Å². The van der Waals surface area contributed by atoms with Crippen molar-refractivity contribution in [1.29, 1.82) is 5.26 Å². The van der Waals surface area contributed by atoms with Crippen molar-refractivity contribution in [3.8, 4) is 11.8 Å². The van der Waals surface area contributed by atoms with Gasteiger partial charge in [-0.25, -0.2) is 4.39 Å². The Bertz CT molecular complexity index is 637. The fourth-order valence-corrected chi connectivity index (χ4v) is 2.27. The Labute approximate surface area is 117 Å². The Balaban J connectivity index is 2.00. The first-order chi connectivity index (χ1) is 9.58. The highest BCUT2D eigenvalue weighted by Crippen LogP contribution is 2.23. The molecule has 0 bridgehead atoms. The van der Waals surface area contributed by atoms with Crippen molar-refractivity contribution in [3.05, 3.63) is 45.9 Å². The number of halogens is 3. The first-order valence-electron chi connectivity index (χ1n) is 5.54. The van der Waals surface area contributed by atoms with Gasteiger partial charge in [0.1, 0.15) is 6.07 Å². The van der Waals surface area contributed by atoms with Crippen molar-refractivity contribution in [2.24, 2.45) is 0 Å². The van der Waals surface area contributed by atoms with Gasteiger partial charge in [0.2, 0.25) is 0 Å². The fraction of sp³-hybridized carbons (Fsp3) is 0.154. The van der Waals surface area contributed by atoms with Gasteiger partial charge in [0, 0.05) is 28.6 Å². The van der Waals surface area contributed by atoms with Crippen molar-refractivity contribution >= 4 is 17.0 Å². The number of hydrogen-bond donors (Lipinski definition) is 1. The van der Waals surface area contributed by atoms with E-state index in [0.29, 0.717) is 17.8 Å². The molecule has 1 aromatic carbocycles. The number of ether oxygens (including phenoxy) is 1. The molecule has 0 radical (unpaired) electrons. The van der Waals surface area contributed by atoms with E-state index in [4.69, 9.17) is 5.26 Å². The molecule has 2 rings (SSSR count). The van der Waals surface area contributed by atoms with E-state index in [9.17, 15) is 13.2 Å².